The molecule has 0 aliphatic carbocycles. The summed E-state index contributed by atoms with van der Waals surface area (Å²) in [6.07, 6.45) is 1.95. The average Bonchev–Trinajstić information content (AvgIpc) is 2.85. The van der Waals surface area contributed by atoms with E-state index in [9.17, 15) is 13.2 Å². The lowest BCUT2D eigenvalue weighted by molar-refractivity contribution is 0.102. The Morgan fingerprint density at radius 1 is 1.24 bits per heavy atom. The van der Waals surface area contributed by atoms with Crippen LogP contribution in [0.4, 0.5) is 5.13 Å². The monoisotopic (exact) mass is 325 g/mol. The number of nitrogens with one attached hydrogen (secondary N) is 1. The number of nitrogens with zero attached hydrogens (tertiary/aromatic N) is 2. The molecule has 0 atom stereocenters. The molecule has 0 spiro atoms. The maximum atomic E-state index is 12.0. The summed E-state index contributed by atoms with van der Waals surface area (Å²) in [5.74, 6) is -0.328. The van der Waals surface area contributed by atoms with E-state index in [0.717, 1.165) is 11.4 Å². The first-order valence-electron chi connectivity index (χ1n) is 6.28. The molecule has 0 saturated heterocycles. The van der Waals surface area contributed by atoms with Crippen molar-refractivity contribution in [3.8, 4) is 0 Å². The molecule has 6 nitrogen and oxygen atoms in total. The van der Waals surface area contributed by atoms with E-state index >= 15 is 0 Å². The highest BCUT2D eigenvalue weighted by molar-refractivity contribution is 7.89. The minimum absolute atomic E-state index is 0.0365. The molecule has 0 bridgehead atoms. The standard InChI is InChI=1S/C13H15N3O3S2/c1-3-11-15-16-13(20-11)14-12(17)10-6-4-9(5-7-10)8-21(2,18)19/h4-7H,3,8H2,1-2H3,(H,14,16,17). The molecule has 1 aromatic heterocycles. The Bertz CT molecular complexity index is 736. The van der Waals surface area contributed by atoms with E-state index in [-0.39, 0.29) is 11.7 Å². The Labute approximate surface area is 127 Å². The van der Waals surface area contributed by atoms with Crippen molar-refractivity contribution in [2.75, 3.05) is 11.6 Å². The van der Waals surface area contributed by atoms with Gasteiger partial charge in [0, 0.05) is 11.8 Å². The van der Waals surface area contributed by atoms with Crippen molar-refractivity contribution in [1.29, 1.82) is 0 Å². The van der Waals surface area contributed by atoms with Gasteiger partial charge in [0.05, 0.1) is 5.75 Å². The van der Waals surface area contributed by atoms with Gasteiger partial charge in [0.15, 0.2) is 9.84 Å². The summed E-state index contributed by atoms with van der Waals surface area (Å²) in [5, 5.41) is 11.8. The van der Waals surface area contributed by atoms with Crippen LogP contribution in [-0.4, -0.2) is 30.8 Å². The maximum absolute atomic E-state index is 12.0. The summed E-state index contributed by atoms with van der Waals surface area (Å²) in [7, 11) is -3.08. The lowest BCUT2D eigenvalue weighted by Gasteiger charge is -2.03. The third kappa shape index (κ3) is 4.61. The molecule has 1 heterocycles. The second kappa shape index (κ2) is 6.31. The molecule has 21 heavy (non-hydrogen) atoms. The number of aromatic nitrogens is 2. The highest BCUT2D eigenvalue weighted by atomic mass is 32.2. The molecule has 0 saturated carbocycles. The first-order chi connectivity index (χ1) is 9.87. The van der Waals surface area contributed by atoms with Crippen LogP contribution in [0.3, 0.4) is 0 Å². The number of amides is 1. The molecule has 1 N–H and O–H groups in total. The van der Waals surface area contributed by atoms with E-state index in [1.165, 1.54) is 17.6 Å². The minimum atomic E-state index is -3.08. The number of carbonyl (C=O) groups excluding carboxylic acids is 1. The van der Waals surface area contributed by atoms with Crippen LogP contribution in [-0.2, 0) is 22.0 Å². The summed E-state index contributed by atoms with van der Waals surface area (Å²) >= 11 is 1.33. The smallest absolute Gasteiger partial charge is 0.257 e. The summed E-state index contributed by atoms with van der Waals surface area (Å²) < 4.78 is 22.4. The number of anilines is 1. The van der Waals surface area contributed by atoms with Gasteiger partial charge in [-0.2, -0.15) is 0 Å². The SMILES string of the molecule is CCc1nnc(NC(=O)c2ccc(CS(C)(=O)=O)cc2)s1. The zero-order chi connectivity index (χ0) is 15.5. The predicted molar refractivity (Wildman–Crippen MR) is 82.2 cm³/mol. The van der Waals surface area contributed by atoms with Gasteiger partial charge in [-0.25, -0.2) is 8.42 Å². The third-order valence-corrected chi connectivity index (χ3v) is 4.48. The van der Waals surface area contributed by atoms with Gasteiger partial charge in [-0.3, -0.25) is 10.1 Å². The van der Waals surface area contributed by atoms with E-state index in [0.29, 0.717) is 16.3 Å². The van der Waals surface area contributed by atoms with Crippen molar-refractivity contribution < 1.29 is 13.2 Å². The number of hydrogen-bond acceptors (Lipinski definition) is 6. The molecular weight excluding hydrogens is 310 g/mol. The normalized spacial score (nSPS) is 11.3. The summed E-state index contributed by atoms with van der Waals surface area (Å²) in [5.41, 5.74) is 1.10. The van der Waals surface area contributed by atoms with Crippen LogP contribution in [0.2, 0.25) is 0 Å². The van der Waals surface area contributed by atoms with Gasteiger partial charge in [-0.05, 0) is 24.1 Å². The lowest BCUT2D eigenvalue weighted by atomic mass is 10.1. The number of rotatable bonds is 5. The second-order valence-corrected chi connectivity index (χ2v) is 7.78. The quantitative estimate of drug-likeness (QED) is 0.907. The van der Waals surface area contributed by atoms with Gasteiger partial charge in [-0.1, -0.05) is 30.4 Å². The van der Waals surface area contributed by atoms with Crippen molar-refractivity contribution >= 4 is 32.2 Å². The van der Waals surface area contributed by atoms with Crippen molar-refractivity contribution in [3.63, 3.8) is 0 Å². The van der Waals surface area contributed by atoms with Gasteiger partial charge in [0.25, 0.3) is 5.91 Å². The van der Waals surface area contributed by atoms with E-state index in [1.807, 2.05) is 6.92 Å². The number of aryl methyl sites for hydroxylation is 1. The van der Waals surface area contributed by atoms with E-state index in [1.54, 1.807) is 24.3 Å². The molecule has 0 unspecified atom stereocenters. The van der Waals surface area contributed by atoms with E-state index in [2.05, 4.69) is 15.5 Å². The molecule has 0 aliphatic heterocycles. The number of hydrogen-bond donors (Lipinski definition) is 1. The second-order valence-electron chi connectivity index (χ2n) is 4.58. The molecule has 0 radical (unpaired) electrons. The molecule has 112 valence electrons. The van der Waals surface area contributed by atoms with E-state index in [4.69, 9.17) is 0 Å². The van der Waals surface area contributed by atoms with Gasteiger partial charge in [0.1, 0.15) is 5.01 Å². The van der Waals surface area contributed by atoms with Crippen LogP contribution in [0.5, 0.6) is 0 Å². The lowest BCUT2D eigenvalue weighted by Crippen LogP contribution is -2.11. The average molecular weight is 325 g/mol. The summed E-state index contributed by atoms with van der Waals surface area (Å²) in [4.78, 5) is 12.0. The van der Waals surface area contributed by atoms with Crippen LogP contribution in [0, 0.1) is 0 Å². The first-order valence-corrected chi connectivity index (χ1v) is 9.15. The van der Waals surface area contributed by atoms with Crippen LogP contribution in [0.1, 0.15) is 27.9 Å². The van der Waals surface area contributed by atoms with Gasteiger partial charge < -0.3 is 0 Å². The van der Waals surface area contributed by atoms with Gasteiger partial charge >= 0.3 is 0 Å². The van der Waals surface area contributed by atoms with Gasteiger partial charge in [-0.15, -0.1) is 10.2 Å². The Morgan fingerprint density at radius 2 is 1.90 bits per heavy atom. The van der Waals surface area contributed by atoms with Crippen LogP contribution >= 0.6 is 11.3 Å². The van der Waals surface area contributed by atoms with Crippen molar-refractivity contribution in [1.82, 2.24) is 10.2 Å². The number of carbonyl (C=O) groups is 1. The van der Waals surface area contributed by atoms with Crippen LogP contribution in [0.25, 0.3) is 0 Å². The fraction of sp³-hybridized carbons (Fsp3) is 0.308. The molecular formula is C13H15N3O3S2. The fourth-order valence-electron chi connectivity index (χ4n) is 1.67. The van der Waals surface area contributed by atoms with Crippen LogP contribution < -0.4 is 5.32 Å². The topological polar surface area (TPSA) is 89.0 Å². The summed E-state index contributed by atoms with van der Waals surface area (Å²) in [6.45, 7) is 1.96. The highest BCUT2D eigenvalue weighted by Gasteiger charge is 2.10. The maximum Gasteiger partial charge on any atom is 0.257 e. The summed E-state index contributed by atoms with van der Waals surface area (Å²) in [6, 6.07) is 6.45. The largest absolute Gasteiger partial charge is 0.296 e. The molecule has 2 rings (SSSR count). The molecule has 0 aliphatic rings. The van der Waals surface area contributed by atoms with Crippen LogP contribution in [0.15, 0.2) is 24.3 Å². The zero-order valence-corrected chi connectivity index (χ0v) is 13.3. The first kappa shape index (κ1) is 15.6. The molecule has 2 aromatic rings. The minimum Gasteiger partial charge on any atom is -0.296 e. The molecule has 1 amide bonds. The Kier molecular flexibility index (Phi) is 4.69. The zero-order valence-electron chi connectivity index (χ0n) is 11.7. The molecule has 0 fully saturated rings. The van der Waals surface area contributed by atoms with E-state index < -0.39 is 9.84 Å². The molecule has 1 aromatic carbocycles. The molecule has 8 heteroatoms. The third-order valence-electron chi connectivity index (χ3n) is 2.63. The number of sulfone groups is 1. The number of benzene rings is 1. The Balaban J connectivity index is 2.06. The highest BCUT2D eigenvalue weighted by Crippen LogP contribution is 2.17. The van der Waals surface area contributed by atoms with Crippen molar-refractivity contribution in [2.24, 2.45) is 0 Å². The van der Waals surface area contributed by atoms with Crippen molar-refractivity contribution in [2.45, 2.75) is 19.1 Å². The fourth-order valence-corrected chi connectivity index (χ4v) is 3.14. The van der Waals surface area contributed by atoms with Gasteiger partial charge in [0.2, 0.25) is 5.13 Å². The van der Waals surface area contributed by atoms with Crippen molar-refractivity contribution in [3.05, 3.63) is 40.4 Å². The Hall–Kier alpha value is -1.80. The Morgan fingerprint density at radius 3 is 2.43 bits per heavy atom. The predicted octanol–water partition coefficient (Wildman–Crippen LogP) is 1.90.